The summed E-state index contributed by atoms with van der Waals surface area (Å²) in [6.07, 6.45) is 10.1. The highest BCUT2D eigenvalue weighted by Gasteiger charge is 2.08. The average molecular weight is 449 g/mol. The topological polar surface area (TPSA) is 44.2 Å². The first-order valence-corrected chi connectivity index (χ1v) is 12.1. The third-order valence-corrected chi connectivity index (χ3v) is 5.36. The van der Waals surface area contributed by atoms with Crippen molar-refractivity contribution in [3.05, 3.63) is 36.7 Å². The summed E-state index contributed by atoms with van der Waals surface area (Å²) in [6.45, 7) is 4.84. The predicted octanol–water partition coefficient (Wildman–Crippen LogP) is 7.52. The Morgan fingerprint density at radius 2 is 1.28 bits per heavy atom. The van der Waals surface area contributed by atoms with Crippen molar-refractivity contribution in [1.82, 2.24) is 9.97 Å². The number of rotatable bonds is 17. The number of halogens is 2. The summed E-state index contributed by atoms with van der Waals surface area (Å²) in [7, 11) is 0. The second-order valence-corrected chi connectivity index (χ2v) is 8.23. The first-order valence-electron chi connectivity index (χ1n) is 12.1. The maximum absolute atomic E-state index is 13.9. The van der Waals surface area contributed by atoms with E-state index in [0.717, 1.165) is 24.8 Å². The fraction of sp³-hybridized carbons (Fsp3) is 0.615. The number of aromatic nitrogens is 2. The molecule has 178 valence electrons. The van der Waals surface area contributed by atoms with Gasteiger partial charge in [-0.2, -0.15) is 0 Å². The molecular formula is C26H38F2N2O2. The van der Waals surface area contributed by atoms with Crippen LogP contribution >= 0.6 is 0 Å². The molecule has 0 N–H and O–H groups in total. The maximum Gasteiger partial charge on any atom is 0.159 e. The number of ether oxygens (including phenoxy) is 2. The van der Waals surface area contributed by atoms with Crippen molar-refractivity contribution in [3.8, 4) is 22.9 Å². The molecule has 0 radical (unpaired) electrons. The molecule has 0 saturated heterocycles. The quantitative estimate of drug-likeness (QED) is 0.235. The van der Waals surface area contributed by atoms with Gasteiger partial charge >= 0.3 is 0 Å². The highest BCUT2D eigenvalue weighted by molar-refractivity contribution is 5.56. The van der Waals surface area contributed by atoms with Gasteiger partial charge in [-0.05, 0) is 37.1 Å². The van der Waals surface area contributed by atoms with E-state index in [1.807, 2.05) is 31.2 Å². The largest absolute Gasteiger partial charge is 0.493 e. The van der Waals surface area contributed by atoms with Crippen LogP contribution in [0, 0.1) is 0 Å². The number of nitrogens with zero attached hydrogens (tertiary/aromatic N) is 2. The Morgan fingerprint density at radius 3 is 1.91 bits per heavy atom. The Hall–Kier alpha value is -2.24. The van der Waals surface area contributed by atoms with Gasteiger partial charge in [0, 0.05) is 18.4 Å². The van der Waals surface area contributed by atoms with E-state index in [2.05, 4.69) is 16.9 Å². The van der Waals surface area contributed by atoms with Gasteiger partial charge in [-0.3, -0.25) is 0 Å². The normalized spacial score (nSPS) is 13.0. The summed E-state index contributed by atoms with van der Waals surface area (Å²) < 4.78 is 38.7. The van der Waals surface area contributed by atoms with Gasteiger partial charge < -0.3 is 9.47 Å². The van der Waals surface area contributed by atoms with Crippen molar-refractivity contribution >= 4 is 0 Å². The summed E-state index contributed by atoms with van der Waals surface area (Å²) in [4.78, 5) is 8.68. The van der Waals surface area contributed by atoms with Crippen LogP contribution in [0.1, 0.15) is 78.1 Å². The minimum Gasteiger partial charge on any atom is -0.493 e. The summed E-state index contributed by atoms with van der Waals surface area (Å²) in [5, 5.41) is 0. The van der Waals surface area contributed by atoms with Crippen LogP contribution in [0.2, 0.25) is 0 Å². The highest BCUT2D eigenvalue weighted by Crippen LogP contribution is 2.21. The van der Waals surface area contributed by atoms with Crippen molar-refractivity contribution in [2.24, 2.45) is 0 Å². The molecule has 0 aliphatic heterocycles. The minimum atomic E-state index is -0.819. The molecule has 2 aromatic rings. The molecule has 1 heterocycles. The van der Waals surface area contributed by atoms with Crippen molar-refractivity contribution < 1.29 is 18.3 Å². The Morgan fingerprint density at radius 1 is 0.688 bits per heavy atom. The van der Waals surface area contributed by atoms with Crippen LogP contribution in [0.15, 0.2) is 36.7 Å². The lowest BCUT2D eigenvalue weighted by molar-refractivity contribution is 0.221. The minimum absolute atomic E-state index is 0.322. The molecule has 1 aromatic carbocycles. The van der Waals surface area contributed by atoms with Gasteiger partial charge in [0.15, 0.2) is 11.6 Å². The van der Waals surface area contributed by atoms with Crippen LogP contribution in [-0.4, -0.2) is 35.5 Å². The Labute approximate surface area is 191 Å². The fourth-order valence-corrected chi connectivity index (χ4v) is 3.42. The molecule has 0 aliphatic carbocycles. The molecule has 32 heavy (non-hydrogen) atoms. The zero-order valence-electron chi connectivity index (χ0n) is 19.6. The Balaban J connectivity index is 1.69. The Kier molecular flexibility index (Phi) is 12.6. The monoisotopic (exact) mass is 448 g/mol. The van der Waals surface area contributed by atoms with Gasteiger partial charge in [-0.1, -0.05) is 52.4 Å². The van der Waals surface area contributed by atoms with Gasteiger partial charge in [-0.25, -0.2) is 18.7 Å². The van der Waals surface area contributed by atoms with Crippen molar-refractivity contribution in [3.63, 3.8) is 0 Å². The van der Waals surface area contributed by atoms with E-state index >= 15 is 0 Å². The molecule has 0 amide bonds. The first-order chi connectivity index (χ1) is 15.6. The lowest BCUT2D eigenvalue weighted by atomic mass is 10.1. The molecule has 0 unspecified atom stereocenters. The maximum atomic E-state index is 13.9. The van der Waals surface area contributed by atoms with Crippen LogP contribution < -0.4 is 9.47 Å². The summed E-state index contributed by atoms with van der Waals surface area (Å²) in [6, 6.07) is 7.41. The van der Waals surface area contributed by atoms with E-state index in [0.29, 0.717) is 56.2 Å². The number of unbranched alkanes of at least 4 members (excludes halogenated alkanes) is 4. The third-order valence-electron chi connectivity index (χ3n) is 5.36. The first kappa shape index (κ1) is 26.0. The van der Waals surface area contributed by atoms with Crippen LogP contribution in [0.5, 0.6) is 11.5 Å². The lowest BCUT2D eigenvalue weighted by Gasteiger charge is -2.10. The van der Waals surface area contributed by atoms with E-state index < -0.39 is 12.3 Å². The number of hydrogen-bond acceptors (Lipinski definition) is 4. The second-order valence-electron chi connectivity index (χ2n) is 8.23. The fourth-order valence-electron chi connectivity index (χ4n) is 3.42. The smallest absolute Gasteiger partial charge is 0.159 e. The van der Waals surface area contributed by atoms with Crippen molar-refractivity contribution in [2.45, 2.75) is 90.4 Å². The molecule has 0 spiro atoms. The molecule has 6 heteroatoms. The molecule has 2 atom stereocenters. The van der Waals surface area contributed by atoms with E-state index in [1.165, 1.54) is 19.3 Å². The van der Waals surface area contributed by atoms with E-state index in [4.69, 9.17) is 9.47 Å². The van der Waals surface area contributed by atoms with Crippen LogP contribution in [-0.2, 0) is 0 Å². The predicted molar refractivity (Wildman–Crippen MR) is 126 cm³/mol. The van der Waals surface area contributed by atoms with E-state index in [-0.39, 0.29) is 0 Å². The molecule has 4 nitrogen and oxygen atoms in total. The lowest BCUT2D eigenvalue weighted by Crippen LogP contribution is -2.08. The number of alkyl halides is 2. The summed E-state index contributed by atoms with van der Waals surface area (Å²) >= 11 is 0. The molecule has 0 aliphatic rings. The van der Waals surface area contributed by atoms with Gasteiger partial charge in [0.05, 0.1) is 25.6 Å². The third kappa shape index (κ3) is 10.4. The number of benzene rings is 1. The van der Waals surface area contributed by atoms with Crippen molar-refractivity contribution in [2.75, 3.05) is 13.2 Å². The second kappa shape index (κ2) is 15.5. The zero-order chi connectivity index (χ0) is 23.0. The van der Waals surface area contributed by atoms with Gasteiger partial charge in [0.1, 0.15) is 18.1 Å². The zero-order valence-corrected chi connectivity index (χ0v) is 19.6. The SMILES string of the molecule is CCCCCCC[C@H](F)CCOc1cnc(-c2ccc(OCC[C@@H](F)CCC)cc2)nc1. The average Bonchev–Trinajstić information content (AvgIpc) is 2.80. The van der Waals surface area contributed by atoms with Crippen LogP contribution in [0.25, 0.3) is 11.4 Å². The van der Waals surface area contributed by atoms with E-state index in [1.54, 1.807) is 12.4 Å². The molecule has 0 saturated carbocycles. The molecule has 2 rings (SSSR count). The molecule has 0 bridgehead atoms. The molecular weight excluding hydrogens is 410 g/mol. The highest BCUT2D eigenvalue weighted by atomic mass is 19.1. The van der Waals surface area contributed by atoms with Gasteiger partial charge in [0.25, 0.3) is 0 Å². The van der Waals surface area contributed by atoms with Crippen molar-refractivity contribution in [1.29, 1.82) is 0 Å². The number of hydrogen-bond donors (Lipinski definition) is 0. The summed E-state index contributed by atoms with van der Waals surface area (Å²) in [5.41, 5.74) is 0.852. The van der Waals surface area contributed by atoms with E-state index in [9.17, 15) is 8.78 Å². The summed E-state index contributed by atoms with van der Waals surface area (Å²) in [5.74, 6) is 1.81. The van der Waals surface area contributed by atoms with Crippen LogP contribution in [0.4, 0.5) is 8.78 Å². The molecule has 1 aromatic heterocycles. The standard InChI is InChI=1S/C26H38F2N2O2/c1-3-5-6-7-8-10-23(28)16-18-32-25-19-29-26(30-20-25)21-11-13-24(14-12-21)31-17-15-22(27)9-4-2/h11-14,19-20,22-23H,3-10,15-18H2,1-2H3/t22-,23-/m0/s1. The van der Waals surface area contributed by atoms with Gasteiger partial charge in [-0.15, -0.1) is 0 Å². The van der Waals surface area contributed by atoms with Crippen LogP contribution in [0.3, 0.4) is 0 Å². The molecule has 0 fully saturated rings. The Bertz CT molecular complexity index is 726. The van der Waals surface area contributed by atoms with Gasteiger partial charge in [0.2, 0.25) is 0 Å².